The van der Waals surface area contributed by atoms with Gasteiger partial charge in [-0.15, -0.1) is 0 Å². The van der Waals surface area contributed by atoms with E-state index < -0.39 is 5.97 Å². The maximum atomic E-state index is 12.5. The van der Waals surface area contributed by atoms with Crippen molar-refractivity contribution in [3.05, 3.63) is 83.1 Å². The minimum Gasteiger partial charge on any atom is -0.497 e. The quantitative estimate of drug-likeness (QED) is 0.326. The molecule has 1 aromatic carbocycles. The molecule has 6 heteroatoms. The lowest BCUT2D eigenvalue weighted by Gasteiger charge is -2.08. The Kier molecular flexibility index (Phi) is 6.34. The molecular weight excluding hydrogens is 370 g/mol. The highest BCUT2D eigenvalue weighted by atomic mass is 16.5. The largest absolute Gasteiger partial charge is 0.497 e. The Balaban J connectivity index is 1.58. The number of Topliss-reactive ketones (excluding diaryl/α,β-unsaturated/α-hetero) is 1. The maximum Gasteiger partial charge on any atom is 0.331 e. The summed E-state index contributed by atoms with van der Waals surface area (Å²) in [6.45, 7) is 4.03. The van der Waals surface area contributed by atoms with Gasteiger partial charge in [0.2, 0.25) is 5.78 Å². The van der Waals surface area contributed by atoms with E-state index in [2.05, 4.69) is 0 Å². The van der Waals surface area contributed by atoms with E-state index in [0.717, 1.165) is 28.5 Å². The predicted octanol–water partition coefficient (Wildman–Crippen LogP) is 4.19. The Bertz CT molecular complexity index is 1010. The summed E-state index contributed by atoms with van der Waals surface area (Å²) in [6.07, 6.45) is 4.55. The second-order valence-electron chi connectivity index (χ2n) is 6.59. The summed E-state index contributed by atoms with van der Waals surface area (Å²) in [6, 6.07) is 12.8. The molecule has 0 radical (unpaired) electrons. The highest BCUT2D eigenvalue weighted by Crippen LogP contribution is 2.18. The summed E-state index contributed by atoms with van der Waals surface area (Å²) in [4.78, 5) is 24.5. The number of furan rings is 1. The fourth-order valence-electron chi connectivity index (χ4n) is 3.03. The van der Waals surface area contributed by atoms with Gasteiger partial charge in [-0.3, -0.25) is 4.79 Å². The van der Waals surface area contributed by atoms with Gasteiger partial charge in [-0.05, 0) is 55.8 Å². The molecule has 0 spiro atoms. The summed E-state index contributed by atoms with van der Waals surface area (Å²) in [7, 11) is 1.59. The molecule has 2 heterocycles. The van der Waals surface area contributed by atoms with Crippen molar-refractivity contribution >= 4 is 17.8 Å². The van der Waals surface area contributed by atoms with Crippen LogP contribution in [0, 0.1) is 13.8 Å². The second kappa shape index (κ2) is 9.10. The third-order valence-electron chi connectivity index (χ3n) is 4.64. The Labute approximate surface area is 169 Å². The Morgan fingerprint density at radius 2 is 1.90 bits per heavy atom. The summed E-state index contributed by atoms with van der Waals surface area (Å²) in [5.41, 5.74) is 3.12. The zero-order valence-electron chi connectivity index (χ0n) is 16.7. The first-order valence-electron chi connectivity index (χ1n) is 9.19. The normalized spacial score (nSPS) is 11.0. The van der Waals surface area contributed by atoms with Crippen LogP contribution in [0.4, 0.5) is 0 Å². The number of rotatable bonds is 8. The molecule has 2 aromatic heterocycles. The topological polar surface area (TPSA) is 70.7 Å². The van der Waals surface area contributed by atoms with E-state index in [4.69, 9.17) is 13.9 Å². The summed E-state index contributed by atoms with van der Waals surface area (Å²) >= 11 is 0. The fourth-order valence-corrected chi connectivity index (χ4v) is 3.03. The van der Waals surface area contributed by atoms with E-state index >= 15 is 0 Å². The minimum atomic E-state index is -0.571. The number of hydrogen-bond acceptors (Lipinski definition) is 5. The summed E-state index contributed by atoms with van der Waals surface area (Å²) < 4.78 is 17.6. The van der Waals surface area contributed by atoms with Crippen LogP contribution in [0.5, 0.6) is 5.75 Å². The number of ketones is 1. The van der Waals surface area contributed by atoms with Crippen LogP contribution in [-0.4, -0.2) is 30.0 Å². The zero-order valence-corrected chi connectivity index (χ0v) is 16.7. The summed E-state index contributed by atoms with van der Waals surface area (Å²) in [5.74, 6) is 0.731. The van der Waals surface area contributed by atoms with E-state index in [-0.39, 0.29) is 12.4 Å². The molecule has 0 saturated heterocycles. The second-order valence-corrected chi connectivity index (χ2v) is 6.59. The van der Waals surface area contributed by atoms with Crippen LogP contribution < -0.4 is 4.74 Å². The van der Waals surface area contributed by atoms with E-state index in [1.165, 1.54) is 6.08 Å². The lowest BCUT2D eigenvalue weighted by Crippen LogP contribution is -2.13. The molecule has 150 valence electrons. The average Bonchev–Trinajstić information content (AvgIpc) is 3.34. The number of nitrogens with zero attached hydrogens (tertiary/aromatic N) is 1. The molecule has 0 saturated carbocycles. The number of hydrogen-bond donors (Lipinski definition) is 0. The van der Waals surface area contributed by atoms with Gasteiger partial charge in [0.1, 0.15) is 11.5 Å². The number of aromatic nitrogens is 1. The number of carbonyl (C=O) groups excluding carboxylic acids is 2. The monoisotopic (exact) mass is 393 g/mol. The molecule has 0 atom stereocenters. The average molecular weight is 393 g/mol. The molecule has 6 nitrogen and oxygen atoms in total. The fraction of sp³-hybridized carbons (Fsp3) is 0.217. The van der Waals surface area contributed by atoms with Gasteiger partial charge in [-0.1, -0.05) is 12.1 Å². The zero-order chi connectivity index (χ0) is 20.8. The number of ether oxygens (including phenoxy) is 2. The standard InChI is InChI=1S/C23H23NO5/c1-16-13-21(17(2)24(16)14-20-5-4-12-28-20)22(25)15-29-23(26)11-8-18-6-9-19(27-3)10-7-18/h4-13H,14-15H2,1-3H3/b11-8+. The van der Waals surface area contributed by atoms with Crippen molar-refractivity contribution < 1.29 is 23.5 Å². The van der Waals surface area contributed by atoms with Gasteiger partial charge < -0.3 is 18.5 Å². The van der Waals surface area contributed by atoms with Crippen LogP contribution in [0.15, 0.2) is 59.2 Å². The van der Waals surface area contributed by atoms with E-state index in [0.29, 0.717) is 12.1 Å². The van der Waals surface area contributed by atoms with Crippen LogP contribution in [0.1, 0.15) is 33.1 Å². The van der Waals surface area contributed by atoms with Crippen LogP contribution in [0.25, 0.3) is 6.08 Å². The van der Waals surface area contributed by atoms with Crippen molar-refractivity contribution in [2.24, 2.45) is 0 Å². The van der Waals surface area contributed by atoms with Crippen molar-refractivity contribution in [3.63, 3.8) is 0 Å². The predicted molar refractivity (Wildman–Crippen MR) is 109 cm³/mol. The van der Waals surface area contributed by atoms with Crippen molar-refractivity contribution in [1.82, 2.24) is 4.57 Å². The van der Waals surface area contributed by atoms with Crippen molar-refractivity contribution in [2.45, 2.75) is 20.4 Å². The molecule has 0 aliphatic heterocycles. The first-order valence-corrected chi connectivity index (χ1v) is 9.19. The number of benzene rings is 1. The van der Waals surface area contributed by atoms with Crippen molar-refractivity contribution in [3.8, 4) is 5.75 Å². The molecule has 0 bridgehead atoms. The van der Waals surface area contributed by atoms with Crippen LogP contribution >= 0.6 is 0 Å². The van der Waals surface area contributed by atoms with Crippen LogP contribution in [-0.2, 0) is 16.1 Å². The smallest absolute Gasteiger partial charge is 0.331 e. The Hall–Kier alpha value is -3.54. The van der Waals surface area contributed by atoms with Gasteiger partial charge >= 0.3 is 5.97 Å². The number of aryl methyl sites for hydroxylation is 1. The molecule has 0 aliphatic rings. The molecule has 3 aromatic rings. The molecular formula is C23H23NO5. The molecule has 0 N–H and O–H groups in total. The third kappa shape index (κ3) is 5.04. The SMILES string of the molecule is COc1ccc(/C=C/C(=O)OCC(=O)c2cc(C)n(Cc3ccco3)c2C)cc1. The molecule has 0 unspecified atom stereocenters. The van der Waals surface area contributed by atoms with E-state index in [1.807, 2.05) is 48.7 Å². The third-order valence-corrected chi connectivity index (χ3v) is 4.64. The highest BCUT2D eigenvalue weighted by Gasteiger charge is 2.17. The first-order chi connectivity index (χ1) is 14.0. The molecule has 29 heavy (non-hydrogen) atoms. The van der Waals surface area contributed by atoms with Gasteiger partial charge in [0, 0.05) is 23.0 Å². The molecule has 0 amide bonds. The number of esters is 1. The summed E-state index contributed by atoms with van der Waals surface area (Å²) in [5, 5.41) is 0. The lowest BCUT2D eigenvalue weighted by atomic mass is 10.1. The van der Waals surface area contributed by atoms with Gasteiger partial charge in [-0.25, -0.2) is 4.79 Å². The van der Waals surface area contributed by atoms with Crippen molar-refractivity contribution in [1.29, 1.82) is 0 Å². The lowest BCUT2D eigenvalue weighted by molar-refractivity contribution is -0.136. The Morgan fingerprint density at radius 1 is 1.14 bits per heavy atom. The van der Waals surface area contributed by atoms with Gasteiger partial charge in [0.15, 0.2) is 6.61 Å². The van der Waals surface area contributed by atoms with Gasteiger partial charge in [-0.2, -0.15) is 0 Å². The van der Waals surface area contributed by atoms with Crippen LogP contribution in [0.3, 0.4) is 0 Å². The molecule has 3 rings (SSSR count). The molecule has 0 fully saturated rings. The van der Waals surface area contributed by atoms with Crippen molar-refractivity contribution in [2.75, 3.05) is 13.7 Å². The van der Waals surface area contributed by atoms with Gasteiger partial charge in [0.05, 0.1) is 19.9 Å². The van der Waals surface area contributed by atoms with E-state index in [9.17, 15) is 9.59 Å². The number of carbonyl (C=O) groups is 2. The Morgan fingerprint density at radius 3 is 2.55 bits per heavy atom. The molecule has 0 aliphatic carbocycles. The number of methoxy groups -OCH3 is 1. The highest BCUT2D eigenvalue weighted by molar-refractivity contribution is 6.00. The minimum absolute atomic E-state index is 0.241. The maximum absolute atomic E-state index is 12.5. The van der Waals surface area contributed by atoms with E-state index in [1.54, 1.807) is 31.6 Å². The van der Waals surface area contributed by atoms with Crippen LogP contribution in [0.2, 0.25) is 0 Å². The van der Waals surface area contributed by atoms with Gasteiger partial charge in [0.25, 0.3) is 0 Å². The first kappa shape index (κ1) is 20.2.